The standard InChI is InChI=1S/C28H29ClN4O3/c1-2-14-32-23-18-33(22(17-19-8-4-3-5-9-19)26(34)31-15-6-7-16-31)27(35)24(23)25(30-28(32)36)20-10-12-21(29)13-11-20/h2-5,8-13,22,25H,1,6-7,14-18H2,(H,30,36)/t22-,25-/m0/s1. The second-order valence-electron chi connectivity index (χ2n) is 9.36. The molecule has 3 heterocycles. The maximum absolute atomic E-state index is 14.1. The molecule has 1 fully saturated rings. The Bertz CT molecular complexity index is 1210. The van der Waals surface area contributed by atoms with Crippen molar-refractivity contribution in [1.82, 2.24) is 20.0 Å². The van der Waals surface area contributed by atoms with Gasteiger partial charge in [-0.05, 0) is 36.1 Å². The van der Waals surface area contributed by atoms with Crippen LogP contribution in [0.3, 0.4) is 0 Å². The van der Waals surface area contributed by atoms with Gasteiger partial charge < -0.3 is 15.1 Å². The van der Waals surface area contributed by atoms with Crippen molar-refractivity contribution in [2.45, 2.75) is 31.3 Å². The lowest BCUT2D eigenvalue weighted by Gasteiger charge is -2.33. The van der Waals surface area contributed by atoms with E-state index in [1.807, 2.05) is 47.4 Å². The van der Waals surface area contributed by atoms with E-state index >= 15 is 0 Å². The zero-order valence-electron chi connectivity index (χ0n) is 20.0. The second-order valence-corrected chi connectivity index (χ2v) is 9.80. The van der Waals surface area contributed by atoms with E-state index in [9.17, 15) is 14.4 Å². The number of urea groups is 1. The lowest BCUT2D eigenvalue weighted by molar-refractivity contribution is -0.142. The van der Waals surface area contributed by atoms with Gasteiger partial charge in [0.2, 0.25) is 5.91 Å². The van der Waals surface area contributed by atoms with Crippen LogP contribution >= 0.6 is 11.6 Å². The number of carbonyl (C=O) groups excluding carboxylic acids is 3. The van der Waals surface area contributed by atoms with Gasteiger partial charge in [-0.25, -0.2) is 4.79 Å². The number of carbonyl (C=O) groups is 3. The van der Waals surface area contributed by atoms with Gasteiger partial charge in [0, 0.05) is 31.1 Å². The van der Waals surface area contributed by atoms with Gasteiger partial charge in [-0.15, -0.1) is 6.58 Å². The van der Waals surface area contributed by atoms with Crippen molar-refractivity contribution in [3.05, 3.63) is 94.7 Å². The molecule has 186 valence electrons. The first-order chi connectivity index (χ1) is 17.5. The quantitative estimate of drug-likeness (QED) is 0.581. The molecule has 0 radical (unpaired) electrons. The molecule has 0 spiro atoms. The molecule has 0 bridgehead atoms. The van der Waals surface area contributed by atoms with E-state index in [-0.39, 0.29) is 30.9 Å². The lowest BCUT2D eigenvalue weighted by atomic mass is 9.95. The van der Waals surface area contributed by atoms with Crippen LogP contribution in [0, 0.1) is 0 Å². The van der Waals surface area contributed by atoms with E-state index in [1.165, 1.54) is 0 Å². The van der Waals surface area contributed by atoms with Crippen molar-refractivity contribution in [3.63, 3.8) is 0 Å². The van der Waals surface area contributed by atoms with Gasteiger partial charge in [0.1, 0.15) is 6.04 Å². The Hall–Kier alpha value is -3.58. The highest BCUT2D eigenvalue weighted by molar-refractivity contribution is 6.30. The van der Waals surface area contributed by atoms with E-state index in [0.717, 1.165) is 24.0 Å². The summed E-state index contributed by atoms with van der Waals surface area (Å²) in [4.78, 5) is 46.0. The molecule has 0 aromatic heterocycles. The zero-order valence-corrected chi connectivity index (χ0v) is 20.8. The third-order valence-corrected chi connectivity index (χ3v) is 7.37. The van der Waals surface area contributed by atoms with Crippen molar-refractivity contribution >= 4 is 29.4 Å². The molecule has 0 unspecified atom stereocenters. The summed E-state index contributed by atoms with van der Waals surface area (Å²) in [6.45, 7) is 5.65. The molecule has 2 aromatic carbocycles. The number of amides is 4. The third-order valence-electron chi connectivity index (χ3n) is 7.12. The first kappa shape index (κ1) is 24.1. The summed E-state index contributed by atoms with van der Waals surface area (Å²) in [5.74, 6) is -0.269. The molecule has 7 nitrogen and oxygen atoms in total. The Balaban J connectivity index is 1.53. The number of rotatable bonds is 7. The Morgan fingerprint density at radius 3 is 2.44 bits per heavy atom. The average molecular weight is 505 g/mol. The predicted octanol–water partition coefficient (Wildman–Crippen LogP) is 3.92. The molecule has 36 heavy (non-hydrogen) atoms. The van der Waals surface area contributed by atoms with Crippen LogP contribution in [0.1, 0.15) is 30.0 Å². The monoisotopic (exact) mass is 504 g/mol. The summed E-state index contributed by atoms with van der Waals surface area (Å²) in [6.07, 6.45) is 3.99. The Morgan fingerprint density at radius 1 is 1.08 bits per heavy atom. The smallest absolute Gasteiger partial charge is 0.322 e. The van der Waals surface area contributed by atoms with E-state index in [1.54, 1.807) is 28.0 Å². The van der Waals surface area contributed by atoms with Gasteiger partial charge in [-0.1, -0.05) is 60.1 Å². The van der Waals surface area contributed by atoms with E-state index in [0.29, 0.717) is 35.8 Å². The Morgan fingerprint density at radius 2 is 1.78 bits per heavy atom. The maximum atomic E-state index is 14.1. The number of hydrogen-bond acceptors (Lipinski definition) is 3. The first-order valence-electron chi connectivity index (χ1n) is 12.3. The number of benzene rings is 2. The van der Waals surface area contributed by atoms with Crippen molar-refractivity contribution in [1.29, 1.82) is 0 Å². The minimum atomic E-state index is -0.657. The second kappa shape index (κ2) is 10.2. The minimum absolute atomic E-state index is 0.0397. The van der Waals surface area contributed by atoms with E-state index < -0.39 is 12.1 Å². The van der Waals surface area contributed by atoms with Crippen LogP contribution in [0.25, 0.3) is 0 Å². The van der Waals surface area contributed by atoms with Gasteiger partial charge in [-0.3, -0.25) is 14.5 Å². The number of likely N-dealkylation sites (tertiary alicyclic amines) is 1. The Labute approximate surface area is 216 Å². The molecule has 3 aliphatic heterocycles. The topological polar surface area (TPSA) is 73.0 Å². The summed E-state index contributed by atoms with van der Waals surface area (Å²) in [5.41, 5.74) is 2.86. The fourth-order valence-corrected chi connectivity index (χ4v) is 5.44. The zero-order chi connectivity index (χ0) is 25.2. The molecule has 8 heteroatoms. The van der Waals surface area contributed by atoms with Crippen molar-refractivity contribution in [3.8, 4) is 0 Å². The van der Waals surface area contributed by atoms with Crippen LogP contribution in [-0.2, 0) is 16.0 Å². The molecule has 1 saturated heterocycles. The molecule has 2 atom stereocenters. The summed E-state index contributed by atoms with van der Waals surface area (Å²) in [5, 5.41) is 3.55. The number of halogens is 1. The van der Waals surface area contributed by atoms with Crippen LogP contribution in [-0.4, -0.2) is 64.8 Å². The highest BCUT2D eigenvalue weighted by Crippen LogP contribution is 2.38. The Kier molecular flexibility index (Phi) is 6.83. The van der Waals surface area contributed by atoms with Crippen LogP contribution in [0.2, 0.25) is 5.02 Å². The maximum Gasteiger partial charge on any atom is 0.322 e. The van der Waals surface area contributed by atoms with Crippen molar-refractivity contribution < 1.29 is 14.4 Å². The fourth-order valence-electron chi connectivity index (χ4n) is 5.31. The molecule has 4 amide bonds. The fraction of sp³-hybridized carbons (Fsp3) is 0.321. The van der Waals surface area contributed by atoms with Crippen LogP contribution in [0.15, 0.2) is 78.5 Å². The van der Waals surface area contributed by atoms with Gasteiger partial charge in [0.05, 0.1) is 23.9 Å². The summed E-state index contributed by atoms with van der Waals surface area (Å²) in [7, 11) is 0. The van der Waals surface area contributed by atoms with Crippen molar-refractivity contribution in [2.75, 3.05) is 26.2 Å². The minimum Gasteiger partial charge on any atom is -0.341 e. The highest BCUT2D eigenvalue weighted by Gasteiger charge is 2.47. The highest BCUT2D eigenvalue weighted by atomic mass is 35.5. The van der Waals surface area contributed by atoms with Gasteiger partial charge in [0.25, 0.3) is 5.91 Å². The van der Waals surface area contributed by atoms with Gasteiger partial charge >= 0.3 is 6.03 Å². The SMILES string of the molecule is C=CCN1C(=O)N[C@@H](c2ccc(Cl)cc2)C2=C1CN([C@@H](Cc1ccccc1)C(=O)N1CCCC1)C2=O. The average Bonchev–Trinajstić information content (AvgIpc) is 3.54. The number of hydrogen-bond donors (Lipinski definition) is 1. The molecule has 1 N–H and O–H groups in total. The van der Waals surface area contributed by atoms with Crippen molar-refractivity contribution in [2.24, 2.45) is 0 Å². The van der Waals surface area contributed by atoms with Crippen LogP contribution < -0.4 is 5.32 Å². The molecular formula is C28H29ClN4O3. The molecule has 0 aliphatic carbocycles. The largest absolute Gasteiger partial charge is 0.341 e. The van der Waals surface area contributed by atoms with E-state index in [4.69, 9.17) is 11.6 Å². The third kappa shape index (κ3) is 4.51. The lowest BCUT2D eigenvalue weighted by Crippen LogP contribution is -2.50. The van der Waals surface area contributed by atoms with Crippen LogP contribution in [0.4, 0.5) is 4.79 Å². The summed E-state index contributed by atoms with van der Waals surface area (Å²) < 4.78 is 0. The molecule has 2 aromatic rings. The molecule has 0 saturated carbocycles. The predicted molar refractivity (Wildman–Crippen MR) is 138 cm³/mol. The number of nitrogens with one attached hydrogen (secondary N) is 1. The normalized spacial score (nSPS) is 20.5. The van der Waals surface area contributed by atoms with Crippen LogP contribution in [0.5, 0.6) is 0 Å². The van der Waals surface area contributed by atoms with Gasteiger partial charge in [-0.2, -0.15) is 0 Å². The van der Waals surface area contributed by atoms with E-state index in [2.05, 4.69) is 11.9 Å². The molecular weight excluding hydrogens is 476 g/mol. The summed E-state index contributed by atoms with van der Waals surface area (Å²) >= 11 is 6.09. The number of nitrogens with zero attached hydrogens (tertiary/aromatic N) is 3. The van der Waals surface area contributed by atoms with Gasteiger partial charge in [0.15, 0.2) is 0 Å². The molecule has 5 rings (SSSR count). The summed E-state index contributed by atoms with van der Waals surface area (Å²) in [6, 6.07) is 15.3. The molecule has 3 aliphatic rings. The first-order valence-corrected chi connectivity index (χ1v) is 12.7.